The van der Waals surface area contributed by atoms with E-state index in [0.717, 1.165) is 27.8 Å². The van der Waals surface area contributed by atoms with Gasteiger partial charge in [-0.15, -0.1) is 0 Å². The van der Waals surface area contributed by atoms with Crippen LogP contribution >= 0.6 is 0 Å². The first-order chi connectivity index (χ1) is 14.3. The molecule has 29 heavy (non-hydrogen) atoms. The van der Waals surface area contributed by atoms with Gasteiger partial charge in [-0.3, -0.25) is 0 Å². The van der Waals surface area contributed by atoms with E-state index < -0.39 is 12.1 Å². The quantitative estimate of drug-likeness (QED) is 0.391. The van der Waals surface area contributed by atoms with Gasteiger partial charge in [0.2, 0.25) is 11.9 Å². The van der Waals surface area contributed by atoms with E-state index in [2.05, 4.69) is 29.2 Å². The topological polar surface area (TPSA) is 43.1 Å². The lowest BCUT2D eigenvalue weighted by Crippen LogP contribution is -2.35. The summed E-state index contributed by atoms with van der Waals surface area (Å²) in [5, 5.41) is 0. The van der Waals surface area contributed by atoms with E-state index >= 15 is 0 Å². The molecule has 1 aromatic heterocycles. The molecule has 1 heterocycles. The molecule has 0 fully saturated rings. The monoisotopic (exact) mass is 379 g/mol. The molecule has 0 atom stereocenters. The molecule has 5 rings (SSSR count). The summed E-state index contributed by atoms with van der Waals surface area (Å²) in [6.45, 7) is 0.665. The predicted octanol–water partition coefficient (Wildman–Crippen LogP) is 4.34. The molecule has 0 amide bonds. The largest absolute Gasteiger partial charge is 0.448 e. The molecule has 0 N–H and O–H groups in total. The zero-order chi connectivity index (χ0) is 19.6. The number of hydrogen-bond donors (Lipinski definition) is 0. The summed E-state index contributed by atoms with van der Waals surface area (Å²) < 4.78 is 7.88. The highest BCUT2D eigenvalue weighted by molar-refractivity contribution is 5.88. The summed E-state index contributed by atoms with van der Waals surface area (Å²) in [7, 11) is 0. The van der Waals surface area contributed by atoms with Crippen molar-refractivity contribution < 1.29 is 14.1 Å². The third kappa shape index (κ3) is 3.29. The molecule has 0 aliphatic heterocycles. The van der Waals surface area contributed by atoms with Crippen molar-refractivity contribution in [2.24, 2.45) is 0 Å². The first kappa shape index (κ1) is 17.3. The van der Waals surface area contributed by atoms with E-state index in [1.807, 2.05) is 65.4 Å². The second-order valence-corrected chi connectivity index (χ2v) is 7.06. The maximum absolute atomic E-state index is 12.9. The van der Waals surface area contributed by atoms with Crippen LogP contribution in [-0.2, 0) is 11.3 Å². The average Bonchev–Trinajstić information content (AvgIpc) is 3.09. The van der Waals surface area contributed by atoms with Crippen LogP contribution in [0.4, 0.5) is 0 Å². The van der Waals surface area contributed by atoms with Gasteiger partial charge >= 0.3 is 5.97 Å². The van der Waals surface area contributed by atoms with Crippen molar-refractivity contribution >= 4 is 5.97 Å². The highest BCUT2D eigenvalue weighted by Crippen LogP contribution is 2.45. The fourth-order valence-corrected chi connectivity index (χ4v) is 3.83. The molecule has 0 saturated heterocycles. The first-order valence-corrected chi connectivity index (χ1v) is 9.58. The zero-order valence-electron chi connectivity index (χ0n) is 15.7. The smallest absolute Gasteiger partial charge is 0.364 e. The van der Waals surface area contributed by atoms with Crippen molar-refractivity contribution in [2.45, 2.75) is 12.6 Å². The molecule has 4 aromatic rings. The zero-order valence-corrected chi connectivity index (χ0v) is 15.7. The Bertz CT molecular complexity index is 1140. The van der Waals surface area contributed by atoms with Crippen LogP contribution in [0.15, 0.2) is 97.5 Å². The van der Waals surface area contributed by atoms with Gasteiger partial charge < -0.3 is 4.74 Å². The van der Waals surface area contributed by atoms with Crippen molar-refractivity contribution in [1.82, 2.24) is 4.98 Å². The van der Waals surface area contributed by atoms with Crippen LogP contribution < -0.4 is 4.57 Å². The Morgan fingerprint density at radius 2 is 1.48 bits per heavy atom. The average molecular weight is 379 g/mol. The van der Waals surface area contributed by atoms with Gasteiger partial charge in [0.1, 0.15) is 0 Å². The number of nitrogens with zero attached hydrogens (tertiary/aromatic N) is 2. The maximum atomic E-state index is 12.9. The van der Waals surface area contributed by atoms with Crippen molar-refractivity contribution in [3.05, 3.63) is 120 Å². The molecule has 0 spiro atoms. The highest BCUT2D eigenvalue weighted by Gasteiger charge is 2.32. The minimum atomic E-state index is -0.427. The van der Waals surface area contributed by atoms with E-state index in [0.29, 0.717) is 12.2 Å². The summed E-state index contributed by atoms with van der Waals surface area (Å²) in [4.78, 5) is 17.2. The van der Waals surface area contributed by atoms with Gasteiger partial charge in [-0.1, -0.05) is 78.9 Å². The minimum Gasteiger partial charge on any atom is -0.448 e. The Hall–Kier alpha value is -3.79. The Labute approximate surface area is 169 Å². The van der Waals surface area contributed by atoms with E-state index in [1.165, 1.54) is 0 Å². The van der Waals surface area contributed by atoms with E-state index in [1.54, 1.807) is 12.4 Å². The summed E-state index contributed by atoms with van der Waals surface area (Å²) >= 11 is 0. The van der Waals surface area contributed by atoms with Gasteiger partial charge in [-0.2, -0.15) is 4.57 Å². The van der Waals surface area contributed by atoms with Crippen molar-refractivity contribution in [2.75, 3.05) is 0 Å². The van der Waals surface area contributed by atoms with Crippen LogP contribution in [0.2, 0.25) is 0 Å². The Kier molecular flexibility index (Phi) is 4.37. The first-order valence-electron chi connectivity index (χ1n) is 9.58. The number of rotatable bonds is 4. The van der Waals surface area contributed by atoms with Crippen LogP contribution in [0.25, 0.3) is 11.1 Å². The Balaban J connectivity index is 1.42. The molecular formula is C25H19N2O2+. The normalized spacial score (nSPS) is 12.3. The molecule has 0 saturated carbocycles. The van der Waals surface area contributed by atoms with Crippen LogP contribution in [0, 0.1) is 0 Å². The number of carbonyl (C=O) groups is 1. The lowest BCUT2D eigenvalue weighted by atomic mass is 10.1. The molecule has 3 aromatic carbocycles. The molecule has 0 radical (unpaired) electrons. The predicted molar refractivity (Wildman–Crippen MR) is 109 cm³/mol. The number of aromatic nitrogens is 2. The molecule has 140 valence electrons. The van der Waals surface area contributed by atoms with Gasteiger partial charge in [0, 0.05) is 16.7 Å². The second-order valence-electron chi connectivity index (χ2n) is 7.06. The van der Waals surface area contributed by atoms with Crippen molar-refractivity contribution in [3.8, 4) is 11.1 Å². The van der Waals surface area contributed by atoms with Crippen LogP contribution in [0.1, 0.15) is 33.3 Å². The fourth-order valence-electron chi connectivity index (χ4n) is 3.83. The van der Waals surface area contributed by atoms with Gasteiger partial charge in [0.25, 0.3) is 0 Å². The van der Waals surface area contributed by atoms with Crippen LogP contribution in [0.5, 0.6) is 0 Å². The fraction of sp³-hybridized carbons (Fsp3) is 0.0800. The number of fused-ring (bicyclic) bond motifs is 3. The molecule has 1 aliphatic rings. The molecule has 0 unspecified atom stereocenters. The third-order valence-electron chi connectivity index (χ3n) is 5.18. The van der Waals surface area contributed by atoms with E-state index in [4.69, 9.17) is 4.74 Å². The minimum absolute atomic E-state index is 0.297. The van der Waals surface area contributed by atoms with Crippen molar-refractivity contribution in [1.29, 1.82) is 0 Å². The Morgan fingerprint density at radius 3 is 2.17 bits per heavy atom. The van der Waals surface area contributed by atoms with Gasteiger partial charge in [0.05, 0.1) is 6.20 Å². The Morgan fingerprint density at radius 1 is 0.862 bits per heavy atom. The SMILES string of the molecule is O=C(OC1c2ccccc2-c2ccccc21)c1c[n+](Cc2ccccc2)ccn1. The number of esters is 1. The summed E-state index contributed by atoms with van der Waals surface area (Å²) in [5.74, 6) is -0.427. The second kappa shape index (κ2) is 7.32. The summed E-state index contributed by atoms with van der Waals surface area (Å²) in [5.41, 5.74) is 5.69. The molecule has 4 heteroatoms. The van der Waals surface area contributed by atoms with Gasteiger partial charge in [0.15, 0.2) is 18.8 Å². The standard InChI is InChI=1S/C25H19N2O2/c28-25(23-17-27(15-14-26-23)16-18-8-2-1-3-9-18)29-24-21-12-6-4-10-19(21)20-11-5-7-13-22(20)24/h1-15,17,24H,16H2/q+1. The van der Waals surface area contributed by atoms with E-state index in [9.17, 15) is 4.79 Å². The molecular weight excluding hydrogens is 360 g/mol. The van der Waals surface area contributed by atoms with Gasteiger partial charge in [-0.05, 0) is 11.1 Å². The molecule has 1 aliphatic carbocycles. The number of ether oxygens (including phenoxy) is 1. The number of benzene rings is 3. The van der Waals surface area contributed by atoms with E-state index in [-0.39, 0.29) is 0 Å². The number of hydrogen-bond acceptors (Lipinski definition) is 3. The lowest BCUT2D eigenvalue weighted by molar-refractivity contribution is -0.689. The maximum Gasteiger partial charge on any atom is 0.364 e. The van der Waals surface area contributed by atoms with Crippen molar-refractivity contribution in [3.63, 3.8) is 0 Å². The molecule has 4 nitrogen and oxygen atoms in total. The van der Waals surface area contributed by atoms with Gasteiger partial charge in [-0.25, -0.2) is 9.78 Å². The van der Waals surface area contributed by atoms with Crippen LogP contribution in [0.3, 0.4) is 0 Å². The highest BCUT2D eigenvalue weighted by atomic mass is 16.5. The van der Waals surface area contributed by atoms with Crippen LogP contribution in [-0.4, -0.2) is 11.0 Å². The summed E-state index contributed by atoms with van der Waals surface area (Å²) in [6.07, 6.45) is 4.81. The third-order valence-corrected chi connectivity index (χ3v) is 5.18. The summed E-state index contributed by atoms with van der Waals surface area (Å²) in [6, 6.07) is 26.2. The lowest BCUT2D eigenvalue weighted by Gasteiger charge is -2.14. The molecule has 0 bridgehead atoms. The number of carbonyl (C=O) groups excluding carboxylic acids is 1.